The second-order valence-corrected chi connectivity index (χ2v) is 2.48. The maximum atomic E-state index is 13.0. The maximum Gasteiger partial charge on any atom is 0.263 e. The Morgan fingerprint density at radius 2 is 2.33 bits per heavy atom. The van der Waals surface area contributed by atoms with Crippen LogP contribution in [0.25, 0.3) is 0 Å². The summed E-state index contributed by atoms with van der Waals surface area (Å²) in [4.78, 5) is 18.2. The van der Waals surface area contributed by atoms with Gasteiger partial charge in [0.2, 0.25) is 0 Å². The first-order chi connectivity index (χ1) is 5.79. The topological polar surface area (TPSA) is 41.8 Å². The van der Waals surface area contributed by atoms with E-state index in [0.29, 0.717) is 5.71 Å². The van der Waals surface area contributed by atoms with Crippen LogP contribution in [0.3, 0.4) is 0 Å². The number of hydrogen-bond acceptors (Lipinski definition) is 2. The van der Waals surface area contributed by atoms with Crippen molar-refractivity contribution in [2.45, 2.75) is 0 Å². The van der Waals surface area contributed by atoms with Crippen molar-refractivity contribution in [3.05, 3.63) is 24.1 Å². The highest BCUT2D eigenvalue weighted by Crippen LogP contribution is 2.22. The van der Waals surface area contributed by atoms with Crippen LogP contribution in [0.2, 0.25) is 0 Å². The smallest absolute Gasteiger partial charge is 0.263 e. The van der Waals surface area contributed by atoms with Crippen molar-refractivity contribution in [2.24, 2.45) is 15.9 Å². The van der Waals surface area contributed by atoms with Gasteiger partial charge in [0.15, 0.2) is 0 Å². The van der Waals surface area contributed by atoms with Gasteiger partial charge in [-0.2, -0.15) is 0 Å². The number of carbonyl (C=O) groups excluding carboxylic acids is 1. The molecule has 1 aliphatic heterocycles. The minimum absolute atomic E-state index is 0.426. The summed E-state index contributed by atoms with van der Waals surface area (Å²) >= 11 is 0. The fraction of sp³-hybridized carbons (Fsp3) is 0.125. The van der Waals surface area contributed by atoms with Crippen LogP contribution < -0.4 is 0 Å². The van der Waals surface area contributed by atoms with E-state index < -0.39 is 17.7 Å². The molecule has 0 bridgehead atoms. The van der Waals surface area contributed by atoms with E-state index in [1.807, 2.05) is 0 Å². The number of aliphatic imine (C=N–C) groups is 2. The average molecular weight is 164 g/mol. The third-order valence-corrected chi connectivity index (χ3v) is 1.73. The SMILES string of the molecule is O=C1N=CN=C2C=CC=C(F)C12. The summed E-state index contributed by atoms with van der Waals surface area (Å²) < 4.78 is 13.0. The Bertz CT molecular complexity index is 352. The van der Waals surface area contributed by atoms with Crippen molar-refractivity contribution in [3.8, 4) is 0 Å². The lowest BCUT2D eigenvalue weighted by molar-refractivity contribution is -0.119. The normalized spacial score (nSPS) is 26.4. The zero-order chi connectivity index (χ0) is 8.55. The fourth-order valence-corrected chi connectivity index (χ4v) is 1.16. The van der Waals surface area contributed by atoms with Crippen LogP contribution in [-0.2, 0) is 4.79 Å². The minimum atomic E-state index is -0.889. The van der Waals surface area contributed by atoms with Gasteiger partial charge in [0.05, 0.1) is 5.71 Å². The lowest BCUT2D eigenvalue weighted by Gasteiger charge is -2.15. The van der Waals surface area contributed by atoms with Gasteiger partial charge < -0.3 is 0 Å². The van der Waals surface area contributed by atoms with Crippen LogP contribution in [0.15, 0.2) is 34.0 Å². The highest BCUT2D eigenvalue weighted by Gasteiger charge is 2.30. The zero-order valence-corrected chi connectivity index (χ0v) is 6.07. The summed E-state index contributed by atoms with van der Waals surface area (Å²) in [7, 11) is 0. The van der Waals surface area contributed by atoms with Gasteiger partial charge in [-0.3, -0.25) is 4.79 Å². The summed E-state index contributed by atoms with van der Waals surface area (Å²) in [6, 6.07) is 0. The summed E-state index contributed by atoms with van der Waals surface area (Å²) in [5.74, 6) is -1.86. The molecule has 4 heteroatoms. The van der Waals surface area contributed by atoms with Crippen molar-refractivity contribution < 1.29 is 9.18 Å². The van der Waals surface area contributed by atoms with E-state index in [0.717, 1.165) is 6.34 Å². The van der Waals surface area contributed by atoms with Gasteiger partial charge in [0.1, 0.15) is 18.1 Å². The Labute approximate surface area is 68.0 Å². The molecular weight excluding hydrogens is 159 g/mol. The van der Waals surface area contributed by atoms with Crippen LogP contribution >= 0.6 is 0 Å². The van der Waals surface area contributed by atoms with Gasteiger partial charge in [-0.1, -0.05) is 6.08 Å². The number of fused-ring (bicyclic) bond motifs is 1. The molecule has 1 aliphatic carbocycles. The first-order valence-corrected chi connectivity index (χ1v) is 3.47. The molecule has 2 rings (SSSR count). The van der Waals surface area contributed by atoms with Crippen molar-refractivity contribution in [1.29, 1.82) is 0 Å². The van der Waals surface area contributed by atoms with Gasteiger partial charge in [0, 0.05) is 0 Å². The summed E-state index contributed by atoms with van der Waals surface area (Å²) in [5.41, 5.74) is 0.426. The Morgan fingerprint density at radius 3 is 3.08 bits per heavy atom. The Balaban J connectivity index is 2.47. The predicted octanol–water partition coefficient (Wildman–Crippen LogP) is 1.04. The number of hydrogen-bond donors (Lipinski definition) is 0. The van der Waals surface area contributed by atoms with E-state index in [-0.39, 0.29) is 0 Å². The molecule has 1 heterocycles. The third-order valence-electron chi connectivity index (χ3n) is 1.73. The molecule has 12 heavy (non-hydrogen) atoms. The Morgan fingerprint density at radius 1 is 1.50 bits per heavy atom. The molecule has 0 spiro atoms. The Kier molecular flexibility index (Phi) is 1.46. The number of nitrogens with zero attached hydrogens (tertiary/aromatic N) is 2. The molecule has 0 saturated heterocycles. The van der Waals surface area contributed by atoms with Crippen molar-refractivity contribution in [2.75, 3.05) is 0 Å². The summed E-state index contributed by atoms with van der Waals surface area (Å²) in [6.07, 6.45) is 5.54. The average Bonchev–Trinajstić information content (AvgIpc) is 2.04. The van der Waals surface area contributed by atoms with Crippen LogP contribution in [-0.4, -0.2) is 18.0 Å². The number of allylic oxidation sites excluding steroid dienone is 3. The van der Waals surface area contributed by atoms with Gasteiger partial charge in [-0.05, 0) is 12.2 Å². The molecule has 3 nitrogen and oxygen atoms in total. The van der Waals surface area contributed by atoms with Gasteiger partial charge in [0.25, 0.3) is 5.91 Å². The minimum Gasteiger partial charge on any atom is -0.271 e. The van der Waals surface area contributed by atoms with Gasteiger partial charge in [-0.25, -0.2) is 14.4 Å². The highest BCUT2D eigenvalue weighted by atomic mass is 19.1. The van der Waals surface area contributed by atoms with Crippen molar-refractivity contribution >= 4 is 18.0 Å². The third kappa shape index (κ3) is 0.922. The fourth-order valence-electron chi connectivity index (χ4n) is 1.16. The molecule has 1 amide bonds. The molecule has 60 valence electrons. The van der Waals surface area contributed by atoms with E-state index in [1.54, 1.807) is 6.08 Å². The van der Waals surface area contributed by atoms with Crippen LogP contribution in [0.5, 0.6) is 0 Å². The van der Waals surface area contributed by atoms with Gasteiger partial charge in [-0.15, -0.1) is 0 Å². The molecule has 2 aliphatic rings. The molecule has 1 unspecified atom stereocenters. The summed E-state index contributed by atoms with van der Waals surface area (Å²) in [5, 5.41) is 0. The van der Waals surface area contributed by atoms with E-state index in [2.05, 4.69) is 9.98 Å². The molecule has 0 aromatic heterocycles. The zero-order valence-electron chi connectivity index (χ0n) is 6.07. The molecular formula is C8H5FN2O. The molecule has 0 aromatic carbocycles. The maximum absolute atomic E-state index is 13.0. The van der Waals surface area contributed by atoms with Crippen LogP contribution in [0.4, 0.5) is 4.39 Å². The predicted molar refractivity (Wildman–Crippen MR) is 42.8 cm³/mol. The first-order valence-electron chi connectivity index (χ1n) is 3.47. The van der Waals surface area contributed by atoms with Crippen LogP contribution in [0.1, 0.15) is 0 Å². The molecule has 0 radical (unpaired) electrons. The van der Waals surface area contributed by atoms with E-state index in [1.165, 1.54) is 12.2 Å². The monoisotopic (exact) mass is 164 g/mol. The number of amides is 1. The highest BCUT2D eigenvalue weighted by molar-refractivity contribution is 6.18. The Hall–Kier alpha value is -1.58. The number of halogens is 1. The number of rotatable bonds is 0. The first kappa shape index (κ1) is 7.09. The molecule has 0 aromatic rings. The summed E-state index contributed by atoms with van der Waals surface area (Å²) in [6.45, 7) is 0. The standard InChI is InChI=1S/C8H5FN2O/c9-5-2-1-3-6-7(5)8(12)11-4-10-6/h1-4,7H. The molecule has 0 N–H and O–H groups in total. The van der Waals surface area contributed by atoms with Crippen molar-refractivity contribution in [3.63, 3.8) is 0 Å². The van der Waals surface area contributed by atoms with E-state index in [9.17, 15) is 9.18 Å². The second-order valence-electron chi connectivity index (χ2n) is 2.48. The van der Waals surface area contributed by atoms with Crippen molar-refractivity contribution in [1.82, 2.24) is 0 Å². The lowest BCUT2D eigenvalue weighted by Crippen LogP contribution is -2.26. The molecule has 1 atom stereocenters. The number of carbonyl (C=O) groups is 1. The van der Waals surface area contributed by atoms with Crippen LogP contribution in [0, 0.1) is 5.92 Å². The lowest BCUT2D eigenvalue weighted by atomic mass is 9.96. The quantitative estimate of drug-likeness (QED) is 0.527. The second kappa shape index (κ2) is 2.48. The van der Waals surface area contributed by atoms with Gasteiger partial charge >= 0.3 is 0 Å². The molecule has 0 saturated carbocycles. The molecule has 0 fully saturated rings. The van der Waals surface area contributed by atoms with E-state index in [4.69, 9.17) is 0 Å². The largest absolute Gasteiger partial charge is 0.271 e. The van der Waals surface area contributed by atoms with E-state index >= 15 is 0 Å².